The second-order valence-electron chi connectivity index (χ2n) is 6.71. The van der Waals surface area contributed by atoms with Gasteiger partial charge in [-0.05, 0) is 30.7 Å². The van der Waals surface area contributed by atoms with E-state index in [-0.39, 0.29) is 11.5 Å². The first-order chi connectivity index (χ1) is 8.67. The minimum atomic E-state index is -0.383. The average molecular weight is 265 g/mol. The lowest BCUT2D eigenvalue weighted by atomic mass is 9.89. The van der Waals surface area contributed by atoms with Crippen molar-refractivity contribution in [1.29, 1.82) is 0 Å². The van der Waals surface area contributed by atoms with Gasteiger partial charge >= 0.3 is 0 Å². The van der Waals surface area contributed by atoms with Crippen molar-refractivity contribution in [2.24, 2.45) is 5.41 Å². The lowest BCUT2D eigenvalue weighted by Crippen LogP contribution is -2.26. The highest BCUT2D eigenvalue weighted by atomic mass is 16.3. The summed E-state index contributed by atoms with van der Waals surface area (Å²) in [4.78, 5) is 8.82. The molecule has 1 aromatic rings. The monoisotopic (exact) mass is 265 g/mol. The maximum Gasteiger partial charge on any atom is 0.223 e. The number of nitrogens with zero attached hydrogens (tertiary/aromatic N) is 2. The molecule has 108 valence electrons. The normalized spacial score (nSPS) is 13.7. The van der Waals surface area contributed by atoms with Gasteiger partial charge in [0.25, 0.3) is 0 Å². The second-order valence-corrected chi connectivity index (χ2v) is 6.71. The van der Waals surface area contributed by atoms with Crippen molar-refractivity contribution in [3.63, 3.8) is 0 Å². The highest BCUT2D eigenvalue weighted by Gasteiger charge is 2.16. The number of hydrogen-bond acceptors (Lipinski definition) is 4. The third-order valence-corrected chi connectivity index (χ3v) is 2.81. The molecule has 0 aliphatic heterocycles. The molecule has 2 N–H and O–H groups in total. The number of anilines is 1. The summed E-state index contributed by atoms with van der Waals surface area (Å²) in [5.41, 5.74) is 2.10. The standard InChI is InChI=1S/C15H27N3O/c1-10(2)13-7-11(3)17-14(18-13)16-9-12(19)8-15(4,5)6/h7,10,12,19H,8-9H2,1-6H3,(H,16,17,18). The number of rotatable bonds is 5. The molecule has 1 aromatic heterocycles. The lowest BCUT2D eigenvalue weighted by Gasteiger charge is -2.22. The molecule has 19 heavy (non-hydrogen) atoms. The Morgan fingerprint density at radius 1 is 1.26 bits per heavy atom. The van der Waals surface area contributed by atoms with Gasteiger partial charge in [0.15, 0.2) is 0 Å². The number of aromatic nitrogens is 2. The molecule has 0 fully saturated rings. The van der Waals surface area contributed by atoms with Gasteiger partial charge < -0.3 is 10.4 Å². The van der Waals surface area contributed by atoms with Crippen LogP contribution in [0.25, 0.3) is 0 Å². The largest absolute Gasteiger partial charge is 0.391 e. The molecule has 1 heterocycles. The van der Waals surface area contributed by atoms with Gasteiger partial charge in [0.2, 0.25) is 5.95 Å². The molecule has 4 nitrogen and oxygen atoms in total. The van der Waals surface area contributed by atoms with E-state index in [0.717, 1.165) is 17.8 Å². The predicted molar refractivity (Wildman–Crippen MR) is 79.4 cm³/mol. The first-order valence-corrected chi connectivity index (χ1v) is 6.95. The van der Waals surface area contributed by atoms with Gasteiger partial charge in [0.1, 0.15) is 0 Å². The molecule has 4 heteroatoms. The minimum Gasteiger partial charge on any atom is -0.391 e. The second kappa shape index (κ2) is 6.33. The summed E-state index contributed by atoms with van der Waals surface area (Å²) in [7, 11) is 0. The molecule has 0 aliphatic carbocycles. The number of hydrogen-bond donors (Lipinski definition) is 2. The topological polar surface area (TPSA) is 58.0 Å². The van der Waals surface area contributed by atoms with Crippen LogP contribution >= 0.6 is 0 Å². The van der Waals surface area contributed by atoms with Crippen molar-refractivity contribution >= 4 is 5.95 Å². The van der Waals surface area contributed by atoms with E-state index in [2.05, 4.69) is 49.9 Å². The van der Waals surface area contributed by atoms with Gasteiger partial charge in [-0.25, -0.2) is 9.97 Å². The van der Waals surface area contributed by atoms with Crippen molar-refractivity contribution < 1.29 is 5.11 Å². The molecule has 0 radical (unpaired) electrons. The van der Waals surface area contributed by atoms with Crippen LogP contribution in [0.1, 0.15) is 58.3 Å². The van der Waals surface area contributed by atoms with Gasteiger partial charge in [0, 0.05) is 17.9 Å². The summed E-state index contributed by atoms with van der Waals surface area (Å²) in [6.45, 7) is 13.0. The van der Waals surface area contributed by atoms with Crippen LogP contribution in [0.2, 0.25) is 0 Å². The van der Waals surface area contributed by atoms with Gasteiger partial charge in [0.05, 0.1) is 6.10 Å². The summed E-state index contributed by atoms with van der Waals surface area (Å²) in [5.74, 6) is 0.985. The van der Waals surface area contributed by atoms with E-state index in [1.165, 1.54) is 0 Å². The fourth-order valence-electron chi connectivity index (χ4n) is 1.96. The van der Waals surface area contributed by atoms with Crippen molar-refractivity contribution in [2.75, 3.05) is 11.9 Å². The van der Waals surface area contributed by atoms with Gasteiger partial charge in [-0.2, -0.15) is 0 Å². The predicted octanol–water partition coefficient (Wildman–Crippen LogP) is 3.12. The Balaban J connectivity index is 2.62. The molecule has 0 saturated heterocycles. The lowest BCUT2D eigenvalue weighted by molar-refractivity contribution is 0.132. The Morgan fingerprint density at radius 3 is 2.42 bits per heavy atom. The van der Waals surface area contributed by atoms with Crippen molar-refractivity contribution in [3.8, 4) is 0 Å². The van der Waals surface area contributed by atoms with Crippen LogP contribution in [0.4, 0.5) is 5.95 Å². The van der Waals surface area contributed by atoms with Crippen molar-refractivity contribution in [3.05, 3.63) is 17.5 Å². The first-order valence-electron chi connectivity index (χ1n) is 6.95. The summed E-state index contributed by atoms with van der Waals surface area (Å²) in [5, 5.41) is 13.1. The Bertz CT molecular complexity index is 410. The Hall–Kier alpha value is -1.16. The molecule has 0 bridgehead atoms. The summed E-state index contributed by atoms with van der Waals surface area (Å²) in [6.07, 6.45) is 0.370. The highest BCUT2D eigenvalue weighted by Crippen LogP contribution is 2.21. The zero-order valence-electron chi connectivity index (χ0n) is 13.0. The molecule has 0 aliphatic rings. The van der Waals surface area contributed by atoms with Gasteiger partial charge in [-0.3, -0.25) is 0 Å². The minimum absolute atomic E-state index is 0.123. The quantitative estimate of drug-likeness (QED) is 0.859. The van der Waals surface area contributed by atoms with Crippen LogP contribution in [0.15, 0.2) is 6.07 Å². The van der Waals surface area contributed by atoms with Crippen LogP contribution in [0, 0.1) is 12.3 Å². The molecular formula is C15H27N3O. The molecule has 1 atom stereocenters. The first kappa shape index (κ1) is 15.9. The fraction of sp³-hybridized carbons (Fsp3) is 0.733. The zero-order valence-corrected chi connectivity index (χ0v) is 13.0. The average Bonchev–Trinajstić information content (AvgIpc) is 2.23. The summed E-state index contributed by atoms with van der Waals surface area (Å²) < 4.78 is 0. The van der Waals surface area contributed by atoms with E-state index in [0.29, 0.717) is 18.4 Å². The van der Waals surface area contributed by atoms with Crippen molar-refractivity contribution in [2.45, 2.75) is 60.0 Å². The fourth-order valence-corrected chi connectivity index (χ4v) is 1.96. The Morgan fingerprint density at radius 2 is 1.89 bits per heavy atom. The van der Waals surface area contributed by atoms with E-state index in [4.69, 9.17) is 0 Å². The molecular weight excluding hydrogens is 238 g/mol. The maximum atomic E-state index is 9.98. The van der Waals surface area contributed by atoms with E-state index < -0.39 is 0 Å². The summed E-state index contributed by atoms with van der Waals surface area (Å²) >= 11 is 0. The van der Waals surface area contributed by atoms with Crippen LogP contribution < -0.4 is 5.32 Å². The van der Waals surface area contributed by atoms with E-state index in [9.17, 15) is 5.11 Å². The van der Waals surface area contributed by atoms with E-state index >= 15 is 0 Å². The molecule has 0 saturated carbocycles. The van der Waals surface area contributed by atoms with Crippen molar-refractivity contribution in [1.82, 2.24) is 9.97 Å². The number of aliphatic hydroxyl groups excluding tert-OH is 1. The Kier molecular flexibility index (Phi) is 5.29. The summed E-state index contributed by atoms with van der Waals surface area (Å²) in [6, 6.07) is 2.00. The number of nitrogens with one attached hydrogen (secondary N) is 1. The van der Waals surface area contributed by atoms with Crippen LogP contribution in [0.5, 0.6) is 0 Å². The third kappa shape index (κ3) is 6.01. The molecule has 0 amide bonds. The number of aryl methyl sites for hydroxylation is 1. The zero-order chi connectivity index (χ0) is 14.6. The van der Waals surface area contributed by atoms with E-state index in [1.807, 2.05) is 13.0 Å². The SMILES string of the molecule is Cc1cc(C(C)C)nc(NCC(O)CC(C)(C)C)n1. The Labute approximate surface area is 116 Å². The third-order valence-electron chi connectivity index (χ3n) is 2.81. The molecule has 1 rings (SSSR count). The van der Waals surface area contributed by atoms with Crippen LogP contribution in [0.3, 0.4) is 0 Å². The van der Waals surface area contributed by atoms with Crippen LogP contribution in [-0.4, -0.2) is 27.7 Å². The van der Waals surface area contributed by atoms with E-state index in [1.54, 1.807) is 0 Å². The highest BCUT2D eigenvalue weighted by molar-refractivity contribution is 5.29. The van der Waals surface area contributed by atoms with Gasteiger partial charge in [-0.1, -0.05) is 34.6 Å². The molecule has 0 aromatic carbocycles. The molecule has 1 unspecified atom stereocenters. The number of aliphatic hydroxyl groups is 1. The van der Waals surface area contributed by atoms with Crippen LogP contribution in [-0.2, 0) is 0 Å². The van der Waals surface area contributed by atoms with Gasteiger partial charge in [-0.15, -0.1) is 0 Å². The molecule has 0 spiro atoms. The maximum absolute atomic E-state index is 9.98. The smallest absolute Gasteiger partial charge is 0.223 e.